The van der Waals surface area contributed by atoms with Gasteiger partial charge in [-0.25, -0.2) is 4.39 Å². The van der Waals surface area contributed by atoms with Crippen LogP contribution in [0.5, 0.6) is 5.75 Å². The second-order valence-electron chi connectivity index (χ2n) is 5.66. The van der Waals surface area contributed by atoms with E-state index >= 15 is 0 Å². The number of likely N-dealkylation sites (tertiary alicyclic amines) is 1. The van der Waals surface area contributed by atoms with Crippen LogP contribution in [0.2, 0.25) is 0 Å². The third-order valence-corrected chi connectivity index (χ3v) is 3.85. The normalized spacial score (nSPS) is 15.5. The zero-order valence-electron chi connectivity index (χ0n) is 13.0. The Hall–Kier alpha value is -1.13. The quantitative estimate of drug-likeness (QED) is 0.708. The first kappa shape index (κ1) is 16.2. The lowest BCUT2D eigenvalue weighted by Gasteiger charge is -2.16. The fourth-order valence-corrected chi connectivity index (χ4v) is 2.72. The maximum Gasteiger partial charge on any atom is 0.165 e. The summed E-state index contributed by atoms with van der Waals surface area (Å²) >= 11 is 0. The van der Waals surface area contributed by atoms with Gasteiger partial charge in [-0.2, -0.15) is 0 Å². The molecule has 0 amide bonds. The standard InChI is InChI=1S/C17H27FN2O/c1-2-9-19-14-15-7-5-8-16(18)17(15)21-13-6-12-20-10-3-4-11-20/h5,7-8,19H,2-4,6,9-14H2,1H3. The largest absolute Gasteiger partial charge is 0.490 e. The number of ether oxygens (including phenoxy) is 1. The van der Waals surface area contributed by atoms with Gasteiger partial charge >= 0.3 is 0 Å². The zero-order chi connectivity index (χ0) is 14.9. The van der Waals surface area contributed by atoms with E-state index in [-0.39, 0.29) is 5.82 Å². The predicted octanol–water partition coefficient (Wildman–Crippen LogP) is 3.19. The van der Waals surface area contributed by atoms with Crippen molar-refractivity contribution in [1.82, 2.24) is 10.2 Å². The van der Waals surface area contributed by atoms with Crippen molar-refractivity contribution in [2.45, 2.75) is 39.2 Å². The fourth-order valence-electron chi connectivity index (χ4n) is 2.72. The SMILES string of the molecule is CCCNCc1cccc(F)c1OCCCN1CCCC1. The van der Waals surface area contributed by atoms with E-state index in [2.05, 4.69) is 17.1 Å². The smallest absolute Gasteiger partial charge is 0.165 e. The Kier molecular flexibility index (Phi) is 6.96. The molecule has 1 saturated heterocycles. The molecule has 118 valence electrons. The van der Waals surface area contributed by atoms with E-state index in [1.807, 2.05) is 6.07 Å². The van der Waals surface area contributed by atoms with E-state index in [0.717, 1.165) is 31.5 Å². The van der Waals surface area contributed by atoms with Crippen molar-refractivity contribution in [3.05, 3.63) is 29.6 Å². The summed E-state index contributed by atoms with van der Waals surface area (Å²) in [5, 5.41) is 3.30. The molecule has 0 aromatic heterocycles. The summed E-state index contributed by atoms with van der Waals surface area (Å²) in [7, 11) is 0. The number of hydrogen-bond donors (Lipinski definition) is 1. The van der Waals surface area contributed by atoms with Crippen molar-refractivity contribution < 1.29 is 9.13 Å². The topological polar surface area (TPSA) is 24.5 Å². The average Bonchev–Trinajstić information content (AvgIpc) is 2.99. The third kappa shape index (κ3) is 5.29. The van der Waals surface area contributed by atoms with Gasteiger partial charge in [0.2, 0.25) is 0 Å². The molecule has 1 aromatic carbocycles. The summed E-state index contributed by atoms with van der Waals surface area (Å²) < 4.78 is 19.6. The highest BCUT2D eigenvalue weighted by molar-refractivity contribution is 5.34. The monoisotopic (exact) mass is 294 g/mol. The van der Waals surface area contributed by atoms with Crippen molar-refractivity contribution in [2.75, 3.05) is 32.8 Å². The Balaban J connectivity index is 1.79. The van der Waals surface area contributed by atoms with E-state index in [1.54, 1.807) is 6.07 Å². The summed E-state index contributed by atoms with van der Waals surface area (Å²) in [6.45, 7) is 7.75. The Morgan fingerprint density at radius 1 is 1.29 bits per heavy atom. The predicted molar refractivity (Wildman–Crippen MR) is 84.2 cm³/mol. The molecule has 0 saturated carbocycles. The minimum Gasteiger partial charge on any atom is -0.490 e. The first-order valence-corrected chi connectivity index (χ1v) is 8.14. The average molecular weight is 294 g/mol. The van der Waals surface area contributed by atoms with Crippen molar-refractivity contribution in [3.63, 3.8) is 0 Å². The second-order valence-corrected chi connectivity index (χ2v) is 5.66. The molecule has 1 aliphatic rings. The minimum absolute atomic E-state index is 0.257. The molecular formula is C17H27FN2O. The van der Waals surface area contributed by atoms with Gasteiger partial charge in [0.05, 0.1) is 6.61 Å². The summed E-state index contributed by atoms with van der Waals surface area (Å²) in [4.78, 5) is 2.45. The Labute approximate surface area is 127 Å². The Morgan fingerprint density at radius 3 is 2.86 bits per heavy atom. The van der Waals surface area contributed by atoms with Gasteiger partial charge in [-0.1, -0.05) is 19.1 Å². The summed E-state index contributed by atoms with van der Waals surface area (Å²) in [6.07, 6.45) is 4.64. The van der Waals surface area contributed by atoms with Crippen LogP contribution < -0.4 is 10.1 Å². The number of benzene rings is 1. The summed E-state index contributed by atoms with van der Waals surface area (Å²) in [6, 6.07) is 5.15. The first-order chi connectivity index (χ1) is 10.3. The molecule has 1 aromatic rings. The molecule has 3 nitrogen and oxygen atoms in total. The molecule has 0 bridgehead atoms. The van der Waals surface area contributed by atoms with Crippen molar-refractivity contribution in [1.29, 1.82) is 0 Å². The van der Waals surface area contributed by atoms with Gasteiger partial charge in [0, 0.05) is 18.7 Å². The highest BCUT2D eigenvalue weighted by Gasteiger charge is 2.12. The van der Waals surface area contributed by atoms with Gasteiger partial charge in [-0.3, -0.25) is 0 Å². The number of halogens is 1. The van der Waals surface area contributed by atoms with Crippen LogP contribution in [0, 0.1) is 5.82 Å². The van der Waals surface area contributed by atoms with Gasteiger partial charge < -0.3 is 15.0 Å². The zero-order valence-corrected chi connectivity index (χ0v) is 13.0. The van der Waals surface area contributed by atoms with Crippen LogP contribution in [-0.4, -0.2) is 37.7 Å². The number of rotatable bonds is 9. The molecule has 1 aliphatic heterocycles. The Bertz CT molecular complexity index is 419. The Morgan fingerprint density at radius 2 is 2.10 bits per heavy atom. The third-order valence-electron chi connectivity index (χ3n) is 3.85. The number of hydrogen-bond acceptors (Lipinski definition) is 3. The van der Waals surface area contributed by atoms with Gasteiger partial charge in [-0.15, -0.1) is 0 Å². The lowest BCUT2D eigenvalue weighted by molar-refractivity contribution is 0.253. The van der Waals surface area contributed by atoms with Crippen LogP contribution in [0.4, 0.5) is 4.39 Å². The van der Waals surface area contributed by atoms with E-state index in [9.17, 15) is 4.39 Å². The molecule has 0 unspecified atom stereocenters. The highest BCUT2D eigenvalue weighted by atomic mass is 19.1. The lowest BCUT2D eigenvalue weighted by atomic mass is 10.2. The van der Waals surface area contributed by atoms with Crippen molar-refractivity contribution >= 4 is 0 Å². The van der Waals surface area contributed by atoms with E-state index < -0.39 is 0 Å². The van der Waals surface area contributed by atoms with Crippen LogP contribution in [0.3, 0.4) is 0 Å². The van der Waals surface area contributed by atoms with Crippen LogP contribution in [-0.2, 0) is 6.54 Å². The van der Waals surface area contributed by atoms with E-state index in [0.29, 0.717) is 18.9 Å². The van der Waals surface area contributed by atoms with Gasteiger partial charge in [0.1, 0.15) is 0 Å². The maximum atomic E-state index is 13.9. The summed E-state index contributed by atoms with van der Waals surface area (Å²) in [5.74, 6) is 0.162. The van der Waals surface area contributed by atoms with Gasteiger partial charge in [0.15, 0.2) is 11.6 Å². The first-order valence-electron chi connectivity index (χ1n) is 8.14. The molecule has 2 rings (SSSR count). The van der Waals surface area contributed by atoms with Crippen LogP contribution >= 0.6 is 0 Å². The minimum atomic E-state index is -0.257. The molecular weight excluding hydrogens is 267 g/mol. The highest BCUT2D eigenvalue weighted by Crippen LogP contribution is 2.23. The molecule has 0 radical (unpaired) electrons. The molecule has 4 heteroatoms. The number of nitrogens with zero attached hydrogens (tertiary/aromatic N) is 1. The molecule has 0 aliphatic carbocycles. The van der Waals surface area contributed by atoms with Crippen molar-refractivity contribution in [3.8, 4) is 5.75 Å². The van der Waals surface area contributed by atoms with E-state index in [4.69, 9.17) is 4.74 Å². The van der Waals surface area contributed by atoms with Crippen LogP contribution in [0.25, 0.3) is 0 Å². The number of nitrogens with one attached hydrogen (secondary N) is 1. The van der Waals surface area contributed by atoms with E-state index in [1.165, 1.54) is 32.0 Å². The molecule has 1 N–H and O–H groups in total. The van der Waals surface area contributed by atoms with Gasteiger partial charge in [-0.05, 0) is 51.4 Å². The lowest BCUT2D eigenvalue weighted by Crippen LogP contribution is -2.22. The number of para-hydroxylation sites is 1. The summed E-state index contributed by atoms with van der Waals surface area (Å²) in [5.41, 5.74) is 0.907. The molecule has 1 heterocycles. The second kappa shape index (κ2) is 9.00. The van der Waals surface area contributed by atoms with Gasteiger partial charge in [0.25, 0.3) is 0 Å². The molecule has 1 fully saturated rings. The molecule has 21 heavy (non-hydrogen) atoms. The van der Waals surface area contributed by atoms with Crippen LogP contribution in [0.1, 0.15) is 38.2 Å². The van der Waals surface area contributed by atoms with Crippen LogP contribution in [0.15, 0.2) is 18.2 Å². The molecule has 0 atom stereocenters. The molecule has 0 spiro atoms. The fraction of sp³-hybridized carbons (Fsp3) is 0.647. The maximum absolute atomic E-state index is 13.9. The van der Waals surface area contributed by atoms with Crippen molar-refractivity contribution in [2.24, 2.45) is 0 Å².